The average molecular weight is 403 g/mol. The van der Waals surface area contributed by atoms with E-state index in [2.05, 4.69) is 15.6 Å². The highest BCUT2D eigenvalue weighted by atomic mass is 35.5. The smallest absolute Gasteiger partial charge is 0.243 e. The first kappa shape index (κ1) is 21.6. The van der Waals surface area contributed by atoms with Gasteiger partial charge in [0.2, 0.25) is 11.8 Å². The zero-order valence-corrected chi connectivity index (χ0v) is 16.9. The van der Waals surface area contributed by atoms with E-state index in [1.54, 1.807) is 11.3 Å². The van der Waals surface area contributed by atoms with Crippen LogP contribution in [0.2, 0.25) is 0 Å². The number of amides is 2. The van der Waals surface area contributed by atoms with E-state index in [4.69, 9.17) is 5.73 Å². The molecule has 0 aliphatic rings. The maximum atomic E-state index is 12.0. The molecule has 0 radical (unpaired) electrons. The summed E-state index contributed by atoms with van der Waals surface area (Å²) in [5.74, 6) is -0.252. The van der Waals surface area contributed by atoms with Gasteiger partial charge in [-0.25, -0.2) is 4.98 Å². The van der Waals surface area contributed by atoms with Crippen molar-refractivity contribution >= 4 is 52.0 Å². The molecule has 138 valence electrons. The van der Waals surface area contributed by atoms with Gasteiger partial charge in [0.05, 0.1) is 23.2 Å². The van der Waals surface area contributed by atoms with E-state index in [-0.39, 0.29) is 24.2 Å². The molecule has 2 aromatic heterocycles. The predicted molar refractivity (Wildman–Crippen MR) is 106 cm³/mol. The lowest BCUT2D eigenvalue weighted by molar-refractivity contribution is -0.119. The molecule has 1 atom stereocenters. The predicted octanol–water partition coefficient (Wildman–Crippen LogP) is 3.30. The molecule has 0 aromatic carbocycles. The Kier molecular flexibility index (Phi) is 8.51. The number of carbonyl (C=O) groups excluding carboxylic acids is 2. The van der Waals surface area contributed by atoms with Crippen LogP contribution in [-0.2, 0) is 16.1 Å². The first-order valence-corrected chi connectivity index (χ1v) is 9.41. The van der Waals surface area contributed by atoms with Gasteiger partial charge >= 0.3 is 0 Å². The van der Waals surface area contributed by atoms with Crippen molar-refractivity contribution in [3.05, 3.63) is 21.9 Å². The van der Waals surface area contributed by atoms with Gasteiger partial charge < -0.3 is 16.4 Å². The highest BCUT2D eigenvalue weighted by Crippen LogP contribution is 2.34. The summed E-state index contributed by atoms with van der Waals surface area (Å²) in [6, 6.07) is 3.45. The van der Waals surface area contributed by atoms with Gasteiger partial charge in [-0.1, -0.05) is 13.3 Å². The number of nitrogens with zero attached hydrogens (tertiary/aromatic N) is 1. The largest absolute Gasteiger partial charge is 0.351 e. The fraction of sp³-hybridized carbons (Fsp3) is 0.438. The molecule has 0 saturated heterocycles. The van der Waals surface area contributed by atoms with Crippen molar-refractivity contribution in [1.29, 1.82) is 0 Å². The lowest BCUT2D eigenvalue weighted by Gasteiger charge is -2.08. The summed E-state index contributed by atoms with van der Waals surface area (Å²) in [4.78, 5) is 30.6. The molecule has 4 N–H and O–H groups in total. The minimum Gasteiger partial charge on any atom is -0.351 e. The van der Waals surface area contributed by atoms with Crippen molar-refractivity contribution in [2.45, 2.75) is 46.2 Å². The molecule has 0 saturated carbocycles. The van der Waals surface area contributed by atoms with Crippen molar-refractivity contribution in [3.8, 4) is 10.6 Å². The fourth-order valence-electron chi connectivity index (χ4n) is 2.13. The van der Waals surface area contributed by atoms with E-state index in [1.165, 1.54) is 18.3 Å². The number of thiophene rings is 1. The minimum absolute atomic E-state index is 0. The van der Waals surface area contributed by atoms with Crippen LogP contribution in [0.1, 0.15) is 36.4 Å². The van der Waals surface area contributed by atoms with Crippen LogP contribution in [0.25, 0.3) is 10.6 Å². The van der Waals surface area contributed by atoms with Crippen molar-refractivity contribution in [2.75, 3.05) is 5.32 Å². The Morgan fingerprint density at radius 1 is 1.32 bits per heavy atom. The van der Waals surface area contributed by atoms with Gasteiger partial charge in [-0.05, 0) is 25.5 Å². The van der Waals surface area contributed by atoms with Crippen molar-refractivity contribution in [2.24, 2.45) is 5.73 Å². The molecule has 0 fully saturated rings. The van der Waals surface area contributed by atoms with Crippen molar-refractivity contribution in [1.82, 2.24) is 10.3 Å². The van der Waals surface area contributed by atoms with Gasteiger partial charge in [0.15, 0.2) is 5.13 Å². The van der Waals surface area contributed by atoms with Gasteiger partial charge in [-0.2, -0.15) is 0 Å². The van der Waals surface area contributed by atoms with Gasteiger partial charge in [0, 0.05) is 16.7 Å². The molecule has 0 aliphatic carbocycles. The second-order valence-corrected chi connectivity index (χ2v) is 7.86. The van der Waals surface area contributed by atoms with E-state index in [0.717, 1.165) is 26.7 Å². The number of rotatable bonds is 7. The van der Waals surface area contributed by atoms with Crippen LogP contribution in [0.3, 0.4) is 0 Å². The number of nitrogens with one attached hydrogen (secondary N) is 2. The fourth-order valence-corrected chi connectivity index (χ4v) is 4.02. The van der Waals surface area contributed by atoms with Crippen LogP contribution in [0, 0.1) is 6.92 Å². The number of halogens is 1. The Hall–Kier alpha value is -1.48. The third-order valence-electron chi connectivity index (χ3n) is 3.37. The number of nitrogens with two attached hydrogens (primary N) is 1. The molecule has 25 heavy (non-hydrogen) atoms. The molecule has 0 bridgehead atoms. The minimum atomic E-state index is -0.506. The van der Waals surface area contributed by atoms with Crippen molar-refractivity contribution < 1.29 is 9.59 Å². The first-order chi connectivity index (χ1) is 11.4. The molecule has 9 heteroatoms. The van der Waals surface area contributed by atoms with E-state index in [9.17, 15) is 9.59 Å². The molecular weight excluding hydrogens is 380 g/mol. The van der Waals surface area contributed by atoms with Crippen LogP contribution < -0.4 is 16.4 Å². The third-order valence-corrected chi connectivity index (χ3v) is 5.35. The van der Waals surface area contributed by atoms with Gasteiger partial charge in [-0.3, -0.25) is 9.59 Å². The lowest BCUT2D eigenvalue weighted by atomic mass is 10.2. The number of hydrogen-bond donors (Lipinski definition) is 3. The molecule has 2 amide bonds. The molecule has 1 unspecified atom stereocenters. The van der Waals surface area contributed by atoms with E-state index in [0.29, 0.717) is 18.1 Å². The quantitative estimate of drug-likeness (QED) is 0.661. The summed E-state index contributed by atoms with van der Waals surface area (Å²) >= 11 is 3.02. The van der Waals surface area contributed by atoms with Crippen LogP contribution in [-0.4, -0.2) is 22.8 Å². The summed E-state index contributed by atoms with van der Waals surface area (Å²) in [7, 11) is 0. The molecule has 2 rings (SSSR count). The standard InChI is InChI=1S/C16H22N4O2S2.ClH/c1-4-5-12(17)15(22)20-16-19-14(9(2)23-16)13-7-6-11(24-13)8-18-10(3)21;/h6-7,12H,4-5,8,17H2,1-3H3,(H,18,21)(H,19,20,22);1H. The van der Waals surface area contributed by atoms with Gasteiger partial charge in [0.25, 0.3) is 0 Å². The van der Waals surface area contributed by atoms with Crippen LogP contribution in [0.15, 0.2) is 12.1 Å². The normalized spacial score (nSPS) is 11.5. The van der Waals surface area contributed by atoms with E-state index < -0.39 is 6.04 Å². The molecule has 0 aliphatic heterocycles. The lowest BCUT2D eigenvalue weighted by Crippen LogP contribution is -2.35. The highest BCUT2D eigenvalue weighted by Gasteiger charge is 2.17. The Morgan fingerprint density at radius 3 is 2.68 bits per heavy atom. The number of hydrogen-bond acceptors (Lipinski definition) is 6. The number of carbonyl (C=O) groups is 2. The Balaban J connectivity index is 0.00000312. The van der Waals surface area contributed by atoms with Crippen molar-refractivity contribution in [3.63, 3.8) is 0 Å². The number of aromatic nitrogens is 1. The van der Waals surface area contributed by atoms with Crippen LogP contribution >= 0.6 is 35.1 Å². The Bertz CT molecular complexity index is 730. The van der Waals surface area contributed by atoms with E-state index in [1.807, 2.05) is 26.0 Å². The summed E-state index contributed by atoms with van der Waals surface area (Å²) in [6.07, 6.45) is 1.52. The zero-order valence-electron chi connectivity index (χ0n) is 14.4. The summed E-state index contributed by atoms with van der Waals surface area (Å²) < 4.78 is 0. The highest BCUT2D eigenvalue weighted by molar-refractivity contribution is 7.18. The topological polar surface area (TPSA) is 97.1 Å². The average Bonchev–Trinajstić information content (AvgIpc) is 3.11. The van der Waals surface area contributed by atoms with E-state index >= 15 is 0 Å². The number of thiazole rings is 1. The van der Waals surface area contributed by atoms with Gasteiger partial charge in [0.1, 0.15) is 0 Å². The number of anilines is 1. The second-order valence-electron chi connectivity index (χ2n) is 5.48. The number of aryl methyl sites for hydroxylation is 1. The summed E-state index contributed by atoms with van der Waals surface area (Å²) in [5, 5.41) is 6.14. The zero-order chi connectivity index (χ0) is 17.7. The maximum absolute atomic E-state index is 12.0. The second kappa shape index (κ2) is 9.86. The maximum Gasteiger partial charge on any atom is 0.243 e. The summed E-state index contributed by atoms with van der Waals surface area (Å²) in [5.41, 5.74) is 6.68. The van der Waals surface area contributed by atoms with Gasteiger partial charge in [-0.15, -0.1) is 35.1 Å². The molecule has 6 nitrogen and oxygen atoms in total. The summed E-state index contributed by atoms with van der Waals surface area (Å²) in [6.45, 7) is 5.98. The molecule has 2 heterocycles. The first-order valence-electron chi connectivity index (χ1n) is 7.78. The molecule has 2 aromatic rings. The molecular formula is C16H23ClN4O2S2. The SMILES string of the molecule is CCCC(N)C(=O)Nc1nc(-c2ccc(CNC(C)=O)s2)c(C)s1.Cl. The Labute approximate surface area is 161 Å². The monoisotopic (exact) mass is 402 g/mol. The van der Waals surface area contributed by atoms with Crippen LogP contribution in [0.5, 0.6) is 0 Å². The van der Waals surface area contributed by atoms with Crippen LogP contribution in [0.4, 0.5) is 5.13 Å². The third kappa shape index (κ3) is 6.07. The molecule has 0 spiro atoms. The Morgan fingerprint density at radius 2 is 2.04 bits per heavy atom.